The van der Waals surface area contributed by atoms with Crippen LogP contribution in [0.4, 0.5) is 0 Å². The van der Waals surface area contributed by atoms with E-state index in [-0.39, 0.29) is 18.4 Å². The Morgan fingerprint density at radius 3 is 2.87 bits per heavy atom. The van der Waals surface area contributed by atoms with E-state index in [1.54, 1.807) is 12.4 Å². The molecule has 1 atom stereocenters. The van der Waals surface area contributed by atoms with Crippen LogP contribution in [-0.2, 0) is 16.1 Å². The highest BCUT2D eigenvalue weighted by Crippen LogP contribution is 2.33. The van der Waals surface area contributed by atoms with Gasteiger partial charge in [0, 0.05) is 32.1 Å². The number of aromatic nitrogens is 1. The summed E-state index contributed by atoms with van der Waals surface area (Å²) in [5.41, 5.74) is 0.207. The highest BCUT2D eigenvalue weighted by Gasteiger charge is 2.35. The van der Waals surface area contributed by atoms with Crippen LogP contribution in [0.2, 0.25) is 0 Å². The molecule has 1 saturated carbocycles. The molecule has 2 fully saturated rings. The zero-order chi connectivity index (χ0) is 16.1. The number of pyridine rings is 1. The third-order valence-corrected chi connectivity index (χ3v) is 4.91. The van der Waals surface area contributed by atoms with Gasteiger partial charge < -0.3 is 14.7 Å². The van der Waals surface area contributed by atoms with Crippen molar-refractivity contribution in [2.75, 3.05) is 13.2 Å². The summed E-state index contributed by atoms with van der Waals surface area (Å²) in [6, 6.07) is 3.86. The maximum absolute atomic E-state index is 12.8. The fraction of sp³-hybridized carbons (Fsp3) is 0.667. The molecule has 126 valence electrons. The number of nitrogens with zero attached hydrogens (tertiary/aromatic N) is 2. The average Bonchev–Trinajstić information content (AvgIpc) is 3.19. The lowest BCUT2D eigenvalue weighted by Crippen LogP contribution is -2.41. The number of rotatable bonds is 6. The van der Waals surface area contributed by atoms with Gasteiger partial charge in [-0.25, -0.2) is 0 Å². The molecule has 23 heavy (non-hydrogen) atoms. The molecular weight excluding hydrogens is 292 g/mol. The molecule has 0 spiro atoms. The highest BCUT2D eigenvalue weighted by atomic mass is 16.5. The minimum Gasteiger partial charge on any atom is -0.389 e. The standard InChI is InChI=1S/C18H26N2O3/c21-17(11-18(22)7-1-2-8-18)20(14-16-6-4-10-23-16)13-15-5-3-9-19-12-15/h3,5,9,12,16,22H,1-2,4,6-8,10-11,13-14H2. The maximum atomic E-state index is 12.8. The topological polar surface area (TPSA) is 62.7 Å². The molecule has 5 nitrogen and oxygen atoms in total. The molecular formula is C18H26N2O3. The molecule has 1 saturated heterocycles. The fourth-order valence-electron chi connectivity index (χ4n) is 3.60. The predicted octanol–water partition coefficient (Wildman–Crippen LogP) is 2.28. The third-order valence-electron chi connectivity index (χ3n) is 4.91. The van der Waals surface area contributed by atoms with Gasteiger partial charge in [0.2, 0.25) is 5.91 Å². The molecule has 3 rings (SSSR count). The first-order chi connectivity index (χ1) is 11.1. The van der Waals surface area contributed by atoms with Crippen LogP contribution in [0.1, 0.15) is 50.5 Å². The Bertz CT molecular complexity index is 508. The number of carbonyl (C=O) groups excluding carboxylic acids is 1. The number of hydrogen-bond acceptors (Lipinski definition) is 4. The van der Waals surface area contributed by atoms with Crippen molar-refractivity contribution in [1.82, 2.24) is 9.88 Å². The Balaban J connectivity index is 1.66. The second-order valence-electron chi connectivity index (χ2n) is 6.88. The van der Waals surface area contributed by atoms with Gasteiger partial charge in [-0.1, -0.05) is 18.9 Å². The second kappa shape index (κ2) is 7.41. The van der Waals surface area contributed by atoms with Gasteiger partial charge >= 0.3 is 0 Å². The Hall–Kier alpha value is -1.46. The Labute approximate surface area is 137 Å². The van der Waals surface area contributed by atoms with Crippen LogP contribution in [0.3, 0.4) is 0 Å². The number of amides is 1. The summed E-state index contributed by atoms with van der Waals surface area (Å²) in [6.45, 7) is 1.91. The molecule has 0 radical (unpaired) electrons. The van der Waals surface area contributed by atoms with Gasteiger partial charge in [-0.15, -0.1) is 0 Å². The highest BCUT2D eigenvalue weighted by molar-refractivity contribution is 5.77. The van der Waals surface area contributed by atoms with E-state index in [2.05, 4.69) is 4.98 Å². The molecule has 1 aromatic heterocycles. The quantitative estimate of drug-likeness (QED) is 0.874. The number of hydrogen-bond donors (Lipinski definition) is 1. The van der Waals surface area contributed by atoms with Crippen molar-refractivity contribution in [3.8, 4) is 0 Å². The van der Waals surface area contributed by atoms with Crippen LogP contribution in [-0.4, -0.2) is 45.8 Å². The van der Waals surface area contributed by atoms with E-state index >= 15 is 0 Å². The van der Waals surface area contributed by atoms with Gasteiger partial charge in [0.05, 0.1) is 18.1 Å². The molecule has 1 amide bonds. The normalized spacial score (nSPS) is 23.1. The summed E-state index contributed by atoms with van der Waals surface area (Å²) in [5.74, 6) is 0.0220. The molecule has 1 aromatic rings. The van der Waals surface area contributed by atoms with Crippen molar-refractivity contribution in [1.29, 1.82) is 0 Å². The molecule has 5 heteroatoms. The van der Waals surface area contributed by atoms with Crippen molar-refractivity contribution in [3.05, 3.63) is 30.1 Å². The van der Waals surface area contributed by atoms with Crippen molar-refractivity contribution >= 4 is 5.91 Å². The lowest BCUT2D eigenvalue weighted by Gasteiger charge is -2.29. The maximum Gasteiger partial charge on any atom is 0.225 e. The van der Waals surface area contributed by atoms with Crippen LogP contribution >= 0.6 is 0 Å². The lowest BCUT2D eigenvalue weighted by molar-refractivity contribution is -0.138. The van der Waals surface area contributed by atoms with Gasteiger partial charge in [0.15, 0.2) is 0 Å². The monoisotopic (exact) mass is 318 g/mol. The lowest BCUT2D eigenvalue weighted by atomic mass is 9.97. The van der Waals surface area contributed by atoms with Crippen LogP contribution in [0.15, 0.2) is 24.5 Å². The van der Waals surface area contributed by atoms with E-state index in [9.17, 15) is 9.90 Å². The van der Waals surface area contributed by atoms with E-state index in [0.717, 1.165) is 50.7 Å². The minimum absolute atomic E-state index is 0.0220. The van der Waals surface area contributed by atoms with E-state index in [4.69, 9.17) is 4.74 Å². The Morgan fingerprint density at radius 2 is 2.22 bits per heavy atom. The molecule has 2 heterocycles. The van der Waals surface area contributed by atoms with E-state index in [1.807, 2.05) is 17.0 Å². The first-order valence-corrected chi connectivity index (χ1v) is 8.65. The zero-order valence-electron chi connectivity index (χ0n) is 13.6. The van der Waals surface area contributed by atoms with Gasteiger partial charge in [0.25, 0.3) is 0 Å². The Kier molecular flexibility index (Phi) is 5.28. The predicted molar refractivity (Wildman–Crippen MR) is 86.7 cm³/mol. The van der Waals surface area contributed by atoms with E-state index in [0.29, 0.717) is 13.1 Å². The Morgan fingerprint density at radius 1 is 1.39 bits per heavy atom. The smallest absolute Gasteiger partial charge is 0.225 e. The number of aliphatic hydroxyl groups is 1. The van der Waals surface area contributed by atoms with Crippen LogP contribution in [0, 0.1) is 0 Å². The largest absolute Gasteiger partial charge is 0.389 e. The molecule has 1 aliphatic carbocycles. The molecule has 1 N–H and O–H groups in total. The summed E-state index contributed by atoms with van der Waals surface area (Å²) in [4.78, 5) is 18.8. The van der Waals surface area contributed by atoms with Gasteiger partial charge in [0.1, 0.15) is 0 Å². The summed E-state index contributed by atoms with van der Waals surface area (Å²) in [6.07, 6.45) is 9.42. The molecule has 2 aliphatic rings. The van der Waals surface area contributed by atoms with Crippen molar-refractivity contribution in [3.63, 3.8) is 0 Å². The first-order valence-electron chi connectivity index (χ1n) is 8.65. The number of carbonyl (C=O) groups is 1. The third kappa shape index (κ3) is 4.52. The second-order valence-corrected chi connectivity index (χ2v) is 6.88. The molecule has 1 aliphatic heterocycles. The van der Waals surface area contributed by atoms with Gasteiger partial charge in [-0.3, -0.25) is 9.78 Å². The minimum atomic E-state index is -0.805. The van der Waals surface area contributed by atoms with Crippen LogP contribution in [0.25, 0.3) is 0 Å². The van der Waals surface area contributed by atoms with E-state index < -0.39 is 5.60 Å². The SMILES string of the molecule is O=C(CC1(O)CCCC1)N(Cc1cccnc1)CC1CCCO1. The summed E-state index contributed by atoms with van der Waals surface area (Å²) in [5, 5.41) is 10.5. The summed E-state index contributed by atoms with van der Waals surface area (Å²) >= 11 is 0. The first kappa shape index (κ1) is 16.4. The summed E-state index contributed by atoms with van der Waals surface area (Å²) < 4.78 is 5.69. The van der Waals surface area contributed by atoms with Crippen LogP contribution < -0.4 is 0 Å². The average molecular weight is 318 g/mol. The van der Waals surface area contributed by atoms with E-state index in [1.165, 1.54) is 0 Å². The molecule has 0 bridgehead atoms. The van der Waals surface area contributed by atoms with Gasteiger partial charge in [-0.05, 0) is 37.3 Å². The van der Waals surface area contributed by atoms with Crippen molar-refractivity contribution < 1.29 is 14.6 Å². The van der Waals surface area contributed by atoms with Gasteiger partial charge in [-0.2, -0.15) is 0 Å². The number of ether oxygens (including phenoxy) is 1. The summed E-state index contributed by atoms with van der Waals surface area (Å²) in [7, 11) is 0. The zero-order valence-corrected chi connectivity index (χ0v) is 13.6. The fourth-order valence-corrected chi connectivity index (χ4v) is 3.60. The molecule has 1 unspecified atom stereocenters. The molecule has 0 aromatic carbocycles. The van der Waals surface area contributed by atoms with Crippen molar-refractivity contribution in [2.45, 2.75) is 63.2 Å². The van der Waals surface area contributed by atoms with Crippen molar-refractivity contribution in [2.24, 2.45) is 0 Å². The van der Waals surface area contributed by atoms with Crippen LogP contribution in [0.5, 0.6) is 0 Å².